The molecular formula is C22H17F3N6OS. The Balaban J connectivity index is 1.58. The molecule has 0 aliphatic heterocycles. The zero-order chi connectivity index (χ0) is 23.4. The number of benzene rings is 2. The molecule has 168 valence electrons. The largest absolute Gasteiger partial charge is 0.418 e. The third kappa shape index (κ3) is 5.20. The summed E-state index contributed by atoms with van der Waals surface area (Å²) in [6.07, 6.45) is 0.0366. The Kier molecular flexibility index (Phi) is 6.40. The predicted molar refractivity (Wildman–Crippen MR) is 118 cm³/mol. The van der Waals surface area contributed by atoms with E-state index in [4.69, 9.17) is 0 Å². The Bertz CT molecular complexity index is 1260. The van der Waals surface area contributed by atoms with Crippen LogP contribution in [0.1, 0.15) is 11.1 Å². The number of alkyl halides is 3. The quantitative estimate of drug-likeness (QED) is 0.408. The van der Waals surface area contributed by atoms with E-state index in [2.05, 4.69) is 25.5 Å². The van der Waals surface area contributed by atoms with Crippen molar-refractivity contribution < 1.29 is 18.0 Å². The molecule has 4 rings (SSSR count). The van der Waals surface area contributed by atoms with Gasteiger partial charge in [0.1, 0.15) is 5.69 Å². The van der Waals surface area contributed by atoms with Gasteiger partial charge in [-0.2, -0.15) is 13.2 Å². The molecule has 7 nitrogen and oxygen atoms in total. The van der Waals surface area contributed by atoms with E-state index in [0.29, 0.717) is 16.7 Å². The number of aryl methyl sites for hydroxylation is 1. The summed E-state index contributed by atoms with van der Waals surface area (Å²) < 4.78 is 41.3. The second-order valence-electron chi connectivity index (χ2n) is 6.95. The molecule has 0 fully saturated rings. The second kappa shape index (κ2) is 9.41. The summed E-state index contributed by atoms with van der Waals surface area (Å²) in [5, 5.41) is 11.1. The monoisotopic (exact) mass is 470 g/mol. The van der Waals surface area contributed by atoms with Gasteiger partial charge in [-0.1, -0.05) is 41.6 Å². The summed E-state index contributed by atoms with van der Waals surface area (Å²) in [6, 6.07) is 12.4. The van der Waals surface area contributed by atoms with Crippen molar-refractivity contribution in [2.75, 3.05) is 11.1 Å². The highest BCUT2D eigenvalue weighted by molar-refractivity contribution is 7.99. The molecule has 1 N–H and O–H groups in total. The number of hydrogen-bond acceptors (Lipinski definition) is 6. The predicted octanol–water partition coefficient (Wildman–Crippen LogP) is 4.78. The molecule has 11 heteroatoms. The van der Waals surface area contributed by atoms with Crippen molar-refractivity contribution in [3.8, 4) is 17.2 Å². The van der Waals surface area contributed by atoms with Crippen molar-refractivity contribution in [2.45, 2.75) is 18.3 Å². The van der Waals surface area contributed by atoms with Crippen molar-refractivity contribution >= 4 is 23.4 Å². The minimum absolute atomic E-state index is 0.170. The van der Waals surface area contributed by atoms with Crippen molar-refractivity contribution in [3.05, 3.63) is 78.2 Å². The highest BCUT2D eigenvalue weighted by atomic mass is 32.2. The van der Waals surface area contributed by atoms with Gasteiger partial charge < -0.3 is 5.32 Å². The maximum Gasteiger partial charge on any atom is 0.418 e. The normalized spacial score (nSPS) is 11.4. The zero-order valence-electron chi connectivity index (χ0n) is 17.2. The first-order chi connectivity index (χ1) is 15.8. The van der Waals surface area contributed by atoms with Gasteiger partial charge in [-0.25, -0.2) is 4.98 Å². The Hall–Kier alpha value is -3.73. The minimum Gasteiger partial charge on any atom is -0.325 e. The molecule has 0 saturated heterocycles. The van der Waals surface area contributed by atoms with Gasteiger partial charge in [0.05, 0.1) is 23.2 Å². The molecular weight excluding hydrogens is 453 g/mol. The van der Waals surface area contributed by atoms with Crippen LogP contribution in [0.15, 0.2) is 72.3 Å². The van der Waals surface area contributed by atoms with Crippen LogP contribution in [0.2, 0.25) is 0 Å². The first-order valence-corrected chi connectivity index (χ1v) is 10.7. The summed E-state index contributed by atoms with van der Waals surface area (Å²) in [5.74, 6) is -0.343. The molecule has 0 atom stereocenters. The lowest BCUT2D eigenvalue weighted by Gasteiger charge is -2.13. The SMILES string of the molecule is Cc1ccc(-n2c(SCC(=O)Nc3ccccc3C(F)(F)F)nnc2-c2cnccn2)cc1. The summed E-state index contributed by atoms with van der Waals surface area (Å²) in [4.78, 5) is 20.8. The van der Waals surface area contributed by atoms with Gasteiger partial charge in [-0.3, -0.25) is 14.3 Å². The molecule has 1 amide bonds. The highest BCUT2D eigenvalue weighted by Gasteiger charge is 2.33. The molecule has 0 unspecified atom stereocenters. The van der Waals surface area contributed by atoms with Crippen LogP contribution in [-0.2, 0) is 11.0 Å². The topological polar surface area (TPSA) is 85.6 Å². The maximum absolute atomic E-state index is 13.2. The van der Waals surface area contributed by atoms with E-state index >= 15 is 0 Å². The van der Waals surface area contributed by atoms with Crippen molar-refractivity contribution in [1.82, 2.24) is 24.7 Å². The van der Waals surface area contributed by atoms with E-state index < -0.39 is 17.6 Å². The number of nitrogens with zero attached hydrogens (tertiary/aromatic N) is 5. The van der Waals surface area contributed by atoms with E-state index in [1.165, 1.54) is 30.6 Å². The number of carbonyl (C=O) groups excluding carboxylic acids is 1. The lowest BCUT2D eigenvalue weighted by molar-refractivity contribution is -0.137. The van der Waals surface area contributed by atoms with Crippen LogP contribution in [0, 0.1) is 6.92 Å². The molecule has 0 radical (unpaired) electrons. The van der Waals surface area contributed by atoms with Crippen LogP contribution >= 0.6 is 11.8 Å². The van der Waals surface area contributed by atoms with Gasteiger partial charge in [-0.05, 0) is 31.2 Å². The smallest absolute Gasteiger partial charge is 0.325 e. The Morgan fingerprint density at radius 1 is 1.06 bits per heavy atom. The molecule has 2 aromatic heterocycles. The van der Waals surface area contributed by atoms with Crippen LogP contribution in [0.25, 0.3) is 17.2 Å². The minimum atomic E-state index is -4.58. The van der Waals surface area contributed by atoms with Crippen molar-refractivity contribution in [2.24, 2.45) is 0 Å². The molecule has 0 spiro atoms. The zero-order valence-corrected chi connectivity index (χ0v) is 18.1. The molecule has 33 heavy (non-hydrogen) atoms. The number of carbonyl (C=O) groups is 1. The third-order valence-corrected chi connectivity index (χ3v) is 5.49. The van der Waals surface area contributed by atoms with Crippen LogP contribution < -0.4 is 5.32 Å². The van der Waals surface area contributed by atoms with Gasteiger partial charge in [0.2, 0.25) is 5.91 Å². The molecule has 0 aliphatic rings. The number of thioether (sulfide) groups is 1. The van der Waals surface area contributed by atoms with E-state index in [0.717, 1.165) is 29.1 Å². The number of halogens is 3. The fourth-order valence-corrected chi connectivity index (χ4v) is 3.78. The lowest BCUT2D eigenvalue weighted by Crippen LogP contribution is -2.18. The maximum atomic E-state index is 13.2. The average Bonchev–Trinajstić information content (AvgIpc) is 3.22. The fourth-order valence-electron chi connectivity index (χ4n) is 3.03. The fraction of sp³-hybridized carbons (Fsp3) is 0.136. The molecule has 0 aliphatic carbocycles. The second-order valence-corrected chi connectivity index (χ2v) is 7.89. The summed E-state index contributed by atoms with van der Waals surface area (Å²) >= 11 is 1.05. The van der Waals surface area contributed by atoms with E-state index in [9.17, 15) is 18.0 Å². The van der Waals surface area contributed by atoms with Gasteiger partial charge >= 0.3 is 6.18 Å². The number of aromatic nitrogens is 5. The van der Waals surface area contributed by atoms with Gasteiger partial charge in [0, 0.05) is 18.1 Å². The number of para-hydroxylation sites is 1. The number of amides is 1. The summed E-state index contributed by atoms with van der Waals surface area (Å²) in [6.45, 7) is 1.96. The molecule has 0 bridgehead atoms. The summed E-state index contributed by atoms with van der Waals surface area (Å²) in [5.41, 5.74) is 1.09. The van der Waals surface area contributed by atoms with Crippen LogP contribution in [0.3, 0.4) is 0 Å². The Morgan fingerprint density at radius 3 is 2.52 bits per heavy atom. The first-order valence-electron chi connectivity index (χ1n) is 9.70. The van der Waals surface area contributed by atoms with Gasteiger partial charge in [-0.15, -0.1) is 10.2 Å². The summed E-state index contributed by atoms with van der Waals surface area (Å²) in [7, 11) is 0. The van der Waals surface area contributed by atoms with E-state index in [1.807, 2.05) is 31.2 Å². The van der Waals surface area contributed by atoms with Gasteiger partial charge in [0.15, 0.2) is 11.0 Å². The standard InChI is InChI=1S/C22H17F3N6OS/c1-14-6-8-15(9-7-14)31-20(18-12-26-10-11-27-18)29-30-21(31)33-13-19(32)28-17-5-3-2-4-16(17)22(23,24)25/h2-12H,13H2,1H3,(H,28,32). The number of nitrogens with one attached hydrogen (secondary N) is 1. The lowest BCUT2D eigenvalue weighted by atomic mass is 10.1. The number of rotatable bonds is 6. The van der Waals surface area contributed by atoms with E-state index in [1.54, 1.807) is 10.8 Å². The molecule has 2 heterocycles. The Labute approximate surface area is 191 Å². The number of hydrogen-bond donors (Lipinski definition) is 1. The number of anilines is 1. The molecule has 4 aromatic rings. The average molecular weight is 470 g/mol. The molecule has 0 saturated carbocycles. The molecule has 2 aromatic carbocycles. The van der Waals surface area contributed by atoms with Crippen LogP contribution in [0.5, 0.6) is 0 Å². The Morgan fingerprint density at radius 2 is 1.82 bits per heavy atom. The highest BCUT2D eigenvalue weighted by Crippen LogP contribution is 2.35. The van der Waals surface area contributed by atoms with Crippen LogP contribution in [-0.4, -0.2) is 36.4 Å². The van der Waals surface area contributed by atoms with Gasteiger partial charge in [0.25, 0.3) is 0 Å². The first kappa shape index (κ1) is 22.5. The third-order valence-electron chi connectivity index (χ3n) is 4.56. The van der Waals surface area contributed by atoms with Crippen molar-refractivity contribution in [1.29, 1.82) is 0 Å². The van der Waals surface area contributed by atoms with E-state index in [-0.39, 0.29) is 11.4 Å². The van der Waals surface area contributed by atoms with Crippen LogP contribution in [0.4, 0.5) is 18.9 Å². The van der Waals surface area contributed by atoms with Crippen molar-refractivity contribution in [3.63, 3.8) is 0 Å².